The van der Waals surface area contributed by atoms with E-state index in [4.69, 9.17) is 4.74 Å². The van der Waals surface area contributed by atoms with Crippen LogP contribution in [0.2, 0.25) is 0 Å². The molecule has 1 aliphatic rings. The largest absolute Gasteiger partial charge is 0.497 e. The van der Waals surface area contributed by atoms with Gasteiger partial charge in [-0.25, -0.2) is 8.78 Å². The molecule has 0 saturated heterocycles. The lowest BCUT2D eigenvalue weighted by molar-refractivity contribution is -0.117. The van der Waals surface area contributed by atoms with Gasteiger partial charge in [0.1, 0.15) is 5.75 Å². The third kappa shape index (κ3) is 4.26. The van der Waals surface area contributed by atoms with Crippen molar-refractivity contribution in [1.29, 1.82) is 0 Å². The Morgan fingerprint density at radius 3 is 2.48 bits per heavy atom. The molecule has 0 aliphatic carbocycles. The maximum atomic E-state index is 13.5. The highest BCUT2D eigenvalue weighted by molar-refractivity contribution is 5.99. The van der Waals surface area contributed by atoms with E-state index in [0.29, 0.717) is 17.9 Å². The Morgan fingerprint density at radius 2 is 1.81 bits per heavy atom. The molecule has 0 saturated carbocycles. The van der Waals surface area contributed by atoms with Crippen molar-refractivity contribution in [1.82, 2.24) is 4.90 Å². The minimum atomic E-state index is -1.05. The van der Waals surface area contributed by atoms with Crippen LogP contribution in [-0.4, -0.2) is 23.8 Å². The van der Waals surface area contributed by atoms with Crippen molar-refractivity contribution in [3.05, 3.63) is 95.1 Å². The number of carbonyl (C=O) groups excluding carboxylic acids is 2. The number of fused-ring (bicyclic) bond motifs is 1. The first-order valence-corrected chi connectivity index (χ1v) is 9.74. The molecule has 0 fully saturated rings. The maximum Gasteiger partial charge on any atom is 0.255 e. The summed E-state index contributed by atoms with van der Waals surface area (Å²) in [7, 11) is 1.56. The van der Waals surface area contributed by atoms with Gasteiger partial charge in [0.25, 0.3) is 5.91 Å². The summed E-state index contributed by atoms with van der Waals surface area (Å²) in [4.78, 5) is 27.4. The second kappa shape index (κ2) is 8.55. The fourth-order valence-electron chi connectivity index (χ4n) is 3.72. The fraction of sp³-hybridized carbons (Fsp3) is 0.167. The van der Waals surface area contributed by atoms with Crippen molar-refractivity contribution >= 4 is 17.5 Å². The van der Waals surface area contributed by atoms with Gasteiger partial charge in [0, 0.05) is 23.9 Å². The van der Waals surface area contributed by atoms with Gasteiger partial charge >= 0.3 is 0 Å². The average Bonchev–Trinajstić information content (AvgIpc) is 3.11. The summed E-state index contributed by atoms with van der Waals surface area (Å²) in [6.45, 7) is 0.379. The molecule has 3 aromatic carbocycles. The predicted molar refractivity (Wildman–Crippen MR) is 112 cm³/mol. The number of nitrogens with zero attached hydrogens (tertiary/aromatic N) is 1. The number of benzene rings is 3. The Kier molecular flexibility index (Phi) is 5.66. The van der Waals surface area contributed by atoms with Crippen molar-refractivity contribution in [2.75, 3.05) is 12.4 Å². The van der Waals surface area contributed by atoms with E-state index < -0.39 is 23.6 Å². The van der Waals surface area contributed by atoms with E-state index in [0.717, 1.165) is 23.3 Å². The first-order chi connectivity index (χ1) is 15.0. The highest BCUT2D eigenvalue weighted by Crippen LogP contribution is 2.34. The summed E-state index contributed by atoms with van der Waals surface area (Å²) in [6, 6.07) is 17.1. The fourth-order valence-corrected chi connectivity index (χ4v) is 3.72. The number of carbonyl (C=O) groups is 2. The third-order valence-electron chi connectivity index (χ3n) is 5.31. The van der Waals surface area contributed by atoms with Crippen LogP contribution in [0.25, 0.3) is 0 Å². The van der Waals surface area contributed by atoms with E-state index in [-0.39, 0.29) is 18.0 Å². The van der Waals surface area contributed by atoms with Crippen LogP contribution in [0.15, 0.2) is 66.7 Å². The van der Waals surface area contributed by atoms with E-state index in [1.54, 1.807) is 36.3 Å². The molecule has 31 heavy (non-hydrogen) atoms. The SMILES string of the molecule is COc1ccc([C@@H](CC(=O)Nc2ccc(F)c(F)c2)N2Cc3ccccc3C2=O)cc1. The summed E-state index contributed by atoms with van der Waals surface area (Å²) in [5, 5.41) is 2.58. The summed E-state index contributed by atoms with van der Waals surface area (Å²) in [6.07, 6.45) is -0.0505. The molecule has 0 radical (unpaired) electrons. The molecule has 158 valence electrons. The van der Waals surface area contributed by atoms with Crippen LogP contribution in [0.3, 0.4) is 0 Å². The first kappa shape index (κ1) is 20.5. The molecule has 7 heteroatoms. The van der Waals surface area contributed by atoms with Crippen LogP contribution >= 0.6 is 0 Å². The lowest BCUT2D eigenvalue weighted by Gasteiger charge is -2.28. The Hall–Kier alpha value is -3.74. The van der Waals surface area contributed by atoms with Gasteiger partial charge in [0.2, 0.25) is 5.91 Å². The monoisotopic (exact) mass is 422 g/mol. The normalized spacial score (nSPS) is 13.6. The highest BCUT2D eigenvalue weighted by Gasteiger charge is 2.34. The van der Waals surface area contributed by atoms with E-state index in [9.17, 15) is 18.4 Å². The van der Waals surface area contributed by atoms with Crippen molar-refractivity contribution < 1.29 is 23.1 Å². The number of rotatable bonds is 6. The minimum Gasteiger partial charge on any atom is -0.497 e. The molecule has 1 heterocycles. The van der Waals surface area contributed by atoms with Gasteiger partial charge in [-0.1, -0.05) is 30.3 Å². The number of nitrogens with one attached hydrogen (secondary N) is 1. The number of halogens is 2. The van der Waals surface area contributed by atoms with Gasteiger partial charge < -0.3 is 15.0 Å². The van der Waals surface area contributed by atoms with Crippen molar-refractivity contribution in [3.8, 4) is 5.75 Å². The van der Waals surface area contributed by atoms with E-state index in [1.807, 2.05) is 24.3 Å². The molecule has 2 amide bonds. The molecule has 0 unspecified atom stereocenters. The number of amides is 2. The maximum absolute atomic E-state index is 13.5. The summed E-state index contributed by atoms with van der Waals surface area (Å²) >= 11 is 0. The third-order valence-corrected chi connectivity index (χ3v) is 5.31. The standard InChI is InChI=1S/C24H20F2N2O3/c1-31-18-9-6-15(7-10-18)22(28-14-16-4-2-3-5-19(16)24(28)30)13-23(29)27-17-8-11-20(25)21(26)12-17/h2-12,22H,13-14H2,1H3,(H,27,29)/t22-/m1/s1. The molecule has 1 atom stereocenters. The molecular weight excluding hydrogens is 402 g/mol. The van der Waals surface area contributed by atoms with E-state index in [2.05, 4.69) is 5.32 Å². The summed E-state index contributed by atoms with van der Waals surface area (Å²) in [5.41, 5.74) is 2.42. The summed E-state index contributed by atoms with van der Waals surface area (Å²) in [5.74, 6) is -1.96. The molecule has 0 aromatic heterocycles. The Bertz CT molecular complexity index is 1130. The van der Waals surface area contributed by atoms with Crippen LogP contribution in [0.4, 0.5) is 14.5 Å². The minimum absolute atomic E-state index is 0.0505. The number of anilines is 1. The topological polar surface area (TPSA) is 58.6 Å². The lowest BCUT2D eigenvalue weighted by Crippen LogP contribution is -2.32. The van der Waals surface area contributed by atoms with Crippen molar-refractivity contribution in [2.24, 2.45) is 0 Å². The van der Waals surface area contributed by atoms with Crippen LogP contribution in [0, 0.1) is 11.6 Å². The quantitative estimate of drug-likeness (QED) is 0.627. The van der Waals surface area contributed by atoms with Gasteiger partial charge in [-0.05, 0) is 41.5 Å². The van der Waals surface area contributed by atoms with Gasteiger partial charge in [-0.2, -0.15) is 0 Å². The molecule has 4 rings (SSSR count). The van der Waals surface area contributed by atoms with E-state index in [1.165, 1.54) is 6.07 Å². The molecular formula is C24H20F2N2O3. The van der Waals surface area contributed by atoms with Crippen LogP contribution in [0.1, 0.15) is 33.9 Å². The summed E-state index contributed by atoms with van der Waals surface area (Å²) < 4.78 is 31.9. The Labute approximate surface area is 178 Å². The van der Waals surface area contributed by atoms with Gasteiger partial charge in [0.05, 0.1) is 19.6 Å². The number of hydrogen-bond donors (Lipinski definition) is 1. The van der Waals surface area contributed by atoms with Crippen molar-refractivity contribution in [3.63, 3.8) is 0 Å². The zero-order valence-corrected chi connectivity index (χ0v) is 16.8. The van der Waals surface area contributed by atoms with E-state index >= 15 is 0 Å². The number of hydrogen-bond acceptors (Lipinski definition) is 3. The molecule has 0 spiro atoms. The van der Waals surface area contributed by atoms with Crippen LogP contribution in [-0.2, 0) is 11.3 Å². The smallest absolute Gasteiger partial charge is 0.255 e. The highest BCUT2D eigenvalue weighted by atomic mass is 19.2. The predicted octanol–water partition coefficient (Wildman–Crippen LogP) is 4.70. The molecule has 3 aromatic rings. The lowest BCUT2D eigenvalue weighted by atomic mass is 10.0. The second-order valence-electron chi connectivity index (χ2n) is 7.26. The number of ether oxygens (including phenoxy) is 1. The van der Waals surface area contributed by atoms with Gasteiger partial charge in [0.15, 0.2) is 11.6 Å². The molecule has 5 nitrogen and oxygen atoms in total. The molecule has 1 aliphatic heterocycles. The zero-order chi connectivity index (χ0) is 22.0. The van der Waals surface area contributed by atoms with Crippen LogP contribution in [0.5, 0.6) is 5.75 Å². The zero-order valence-electron chi connectivity index (χ0n) is 16.8. The molecule has 1 N–H and O–H groups in total. The Morgan fingerprint density at radius 1 is 1.06 bits per heavy atom. The first-order valence-electron chi connectivity index (χ1n) is 9.74. The average molecular weight is 422 g/mol. The van der Waals surface area contributed by atoms with Gasteiger partial charge in [-0.3, -0.25) is 9.59 Å². The second-order valence-corrected chi connectivity index (χ2v) is 7.26. The molecule has 0 bridgehead atoms. The van der Waals surface area contributed by atoms with Gasteiger partial charge in [-0.15, -0.1) is 0 Å². The van der Waals surface area contributed by atoms with Crippen molar-refractivity contribution in [2.45, 2.75) is 19.0 Å². The Balaban J connectivity index is 1.60. The van der Waals surface area contributed by atoms with Crippen LogP contribution < -0.4 is 10.1 Å². The number of methoxy groups -OCH3 is 1.